The number of carbonyl (C=O) groups excluding carboxylic acids is 2. The van der Waals surface area contributed by atoms with Gasteiger partial charge in [-0.1, -0.05) is 18.2 Å². The lowest BCUT2D eigenvalue weighted by Gasteiger charge is -2.13. The molecule has 0 saturated carbocycles. The van der Waals surface area contributed by atoms with E-state index in [-0.39, 0.29) is 18.2 Å². The zero-order valence-electron chi connectivity index (χ0n) is 17.0. The second-order valence-corrected chi connectivity index (χ2v) is 7.79. The second-order valence-electron chi connectivity index (χ2n) is 7.79. The minimum Gasteiger partial charge on any atom is -0.493 e. The monoisotopic (exact) mass is 404 g/mol. The average molecular weight is 404 g/mol. The molecule has 6 nitrogen and oxygen atoms in total. The highest BCUT2D eigenvalue weighted by Crippen LogP contribution is 2.35. The number of nitrogens with one attached hydrogen (secondary N) is 1. The summed E-state index contributed by atoms with van der Waals surface area (Å²) in [5, 5.41) is 4.37. The van der Waals surface area contributed by atoms with Crippen LogP contribution in [0.3, 0.4) is 0 Å². The van der Waals surface area contributed by atoms with Crippen LogP contribution in [0.15, 0.2) is 36.4 Å². The lowest BCUT2D eigenvalue weighted by molar-refractivity contribution is 0.0920. The van der Waals surface area contributed by atoms with Crippen molar-refractivity contribution in [1.82, 2.24) is 9.88 Å². The third kappa shape index (κ3) is 3.08. The van der Waals surface area contributed by atoms with E-state index in [2.05, 4.69) is 16.0 Å². The number of carbonyl (C=O) groups is 2. The minimum atomic E-state index is -0.0994. The number of rotatable bonds is 5. The summed E-state index contributed by atoms with van der Waals surface area (Å²) in [4.78, 5) is 25.4. The number of fused-ring (bicyclic) bond motifs is 4. The van der Waals surface area contributed by atoms with E-state index in [4.69, 9.17) is 9.47 Å². The van der Waals surface area contributed by atoms with Gasteiger partial charge in [0, 0.05) is 54.6 Å². The number of nitrogens with zero attached hydrogens (tertiary/aromatic N) is 1. The molecular weight excluding hydrogens is 380 g/mol. The maximum absolute atomic E-state index is 13.3. The number of hydrogen-bond acceptors (Lipinski definition) is 5. The number of benzene rings is 2. The summed E-state index contributed by atoms with van der Waals surface area (Å²) >= 11 is 0. The molecule has 0 unspecified atom stereocenters. The zero-order valence-corrected chi connectivity index (χ0v) is 17.0. The quantitative estimate of drug-likeness (QED) is 0.662. The van der Waals surface area contributed by atoms with Crippen molar-refractivity contribution < 1.29 is 19.1 Å². The molecule has 0 fully saturated rings. The first kappa shape index (κ1) is 18.9. The number of Topliss-reactive ketones (excluding diaryl/α,β-unsaturated/α-hetero) is 2. The molecule has 2 heterocycles. The molecule has 0 radical (unpaired) electrons. The summed E-state index contributed by atoms with van der Waals surface area (Å²) in [6.45, 7) is 2.47. The van der Waals surface area contributed by atoms with E-state index in [0.29, 0.717) is 23.5 Å². The van der Waals surface area contributed by atoms with Crippen LogP contribution in [0.25, 0.3) is 10.9 Å². The van der Waals surface area contributed by atoms with E-state index in [1.54, 1.807) is 13.2 Å². The summed E-state index contributed by atoms with van der Waals surface area (Å²) in [5.74, 6) is 1.05. The van der Waals surface area contributed by atoms with Crippen LogP contribution in [-0.2, 0) is 19.4 Å². The van der Waals surface area contributed by atoms with Crippen molar-refractivity contribution in [3.63, 3.8) is 0 Å². The van der Waals surface area contributed by atoms with Gasteiger partial charge in [-0.3, -0.25) is 9.59 Å². The van der Waals surface area contributed by atoms with E-state index in [1.807, 2.05) is 24.3 Å². The number of methoxy groups -OCH3 is 1. The molecule has 1 aliphatic carbocycles. The van der Waals surface area contributed by atoms with E-state index in [0.717, 1.165) is 60.2 Å². The standard InChI is InChI=1S/C24H24N2O4/c1-29-22-12-15-6-7-20(27)17(15)13-23(22)30-14-21(28)24-16-4-2-3-5-18(16)26-11-10-25-9-8-19(24)26/h2-5,12-13,25H,6-11,14H2,1H3. The number of para-hydroxylation sites is 1. The Hall–Kier alpha value is -3.12. The van der Waals surface area contributed by atoms with Gasteiger partial charge in [0.1, 0.15) is 0 Å². The van der Waals surface area contributed by atoms with Gasteiger partial charge >= 0.3 is 0 Å². The Bertz CT molecular complexity index is 1160. The molecule has 3 aromatic rings. The first-order valence-electron chi connectivity index (χ1n) is 10.4. The highest BCUT2D eigenvalue weighted by atomic mass is 16.5. The fourth-order valence-corrected chi connectivity index (χ4v) is 4.64. The van der Waals surface area contributed by atoms with E-state index >= 15 is 0 Å². The van der Waals surface area contributed by atoms with Gasteiger partial charge in [-0.25, -0.2) is 0 Å². The average Bonchev–Trinajstić information content (AvgIpc) is 3.17. The second kappa shape index (κ2) is 7.61. The highest BCUT2D eigenvalue weighted by molar-refractivity contribution is 6.10. The lowest BCUT2D eigenvalue weighted by atomic mass is 10.0. The third-order valence-electron chi connectivity index (χ3n) is 6.08. The molecule has 0 bridgehead atoms. The fourth-order valence-electron chi connectivity index (χ4n) is 4.64. The summed E-state index contributed by atoms with van der Waals surface area (Å²) < 4.78 is 13.6. The van der Waals surface area contributed by atoms with Gasteiger partial charge in [0.25, 0.3) is 0 Å². The Labute approximate surface area is 174 Å². The number of aromatic nitrogens is 1. The topological polar surface area (TPSA) is 69.6 Å². The minimum absolute atomic E-state index is 0.0595. The molecule has 154 valence electrons. The molecule has 30 heavy (non-hydrogen) atoms. The number of hydrogen-bond donors (Lipinski definition) is 1. The predicted molar refractivity (Wildman–Crippen MR) is 114 cm³/mol. The lowest BCUT2D eigenvalue weighted by Crippen LogP contribution is -2.18. The fraction of sp³-hybridized carbons (Fsp3) is 0.333. The van der Waals surface area contributed by atoms with Crippen molar-refractivity contribution in [3.05, 3.63) is 58.8 Å². The van der Waals surface area contributed by atoms with Gasteiger partial charge in [0.05, 0.1) is 12.7 Å². The van der Waals surface area contributed by atoms with Crippen molar-refractivity contribution >= 4 is 22.5 Å². The molecule has 1 aliphatic heterocycles. The SMILES string of the molecule is COc1cc2c(cc1OCC(=O)c1c3n(c4ccccc14)CCNCC3)C(=O)CC2. The van der Waals surface area contributed by atoms with Crippen LogP contribution in [0, 0.1) is 0 Å². The molecular formula is C24H24N2O4. The van der Waals surface area contributed by atoms with Gasteiger partial charge < -0.3 is 19.4 Å². The van der Waals surface area contributed by atoms with Crippen LogP contribution in [0.2, 0.25) is 0 Å². The summed E-state index contributed by atoms with van der Waals surface area (Å²) in [6.07, 6.45) is 2.03. The van der Waals surface area contributed by atoms with Gasteiger partial charge in [-0.05, 0) is 30.2 Å². The Balaban J connectivity index is 1.47. The molecule has 6 heteroatoms. The van der Waals surface area contributed by atoms with Crippen molar-refractivity contribution in [1.29, 1.82) is 0 Å². The molecule has 0 amide bonds. The van der Waals surface area contributed by atoms with E-state index < -0.39 is 0 Å². The Morgan fingerprint density at radius 1 is 1.10 bits per heavy atom. The number of aryl methyl sites for hydroxylation is 1. The van der Waals surface area contributed by atoms with Crippen LogP contribution in [0.5, 0.6) is 11.5 Å². The molecule has 0 atom stereocenters. The summed E-state index contributed by atoms with van der Waals surface area (Å²) in [5.41, 5.74) is 4.54. The van der Waals surface area contributed by atoms with Crippen LogP contribution in [-0.4, -0.2) is 42.9 Å². The van der Waals surface area contributed by atoms with Gasteiger partial charge in [-0.2, -0.15) is 0 Å². The third-order valence-corrected chi connectivity index (χ3v) is 6.08. The van der Waals surface area contributed by atoms with Gasteiger partial charge in [0.2, 0.25) is 5.78 Å². The smallest absolute Gasteiger partial charge is 0.202 e. The van der Waals surface area contributed by atoms with Crippen molar-refractivity contribution in [2.24, 2.45) is 0 Å². The molecule has 5 rings (SSSR count). The van der Waals surface area contributed by atoms with Crippen molar-refractivity contribution in [2.75, 3.05) is 26.8 Å². The molecule has 0 saturated heterocycles. The Kier molecular flexibility index (Phi) is 4.79. The Morgan fingerprint density at radius 2 is 1.97 bits per heavy atom. The van der Waals surface area contributed by atoms with Crippen molar-refractivity contribution in [3.8, 4) is 11.5 Å². The largest absolute Gasteiger partial charge is 0.493 e. The van der Waals surface area contributed by atoms with Crippen LogP contribution < -0.4 is 14.8 Å². The van der Waals surface area contributed by atoms with Gasteiger partial charge in [0.15, 0.2) is 23.9 Å². The maximum atomic E-state index is 13.3. The molecule has 0 spiro atoms. The highest BCUT2D eigenvalue weighted by Gasteiger charge is 2.25. The maximum Gasteiger partial charge on any atom is 0.202 e. The first-order valence-corrected chi connectivity index (χ1v) is 10.4. The number of ether oxygens (including phenoxy) is 2. The molecule has 2 aromatic carbocycles. The molecule has 1 aromatic heterocycles. The normalized spacial score (nSPS) is 15.6. The summed E-state index contributed by atoms with van der Waals surface area (Å²) in [7, 11) is 1.57. The predicted octanol–water partition coefficient (Wildman–Crippen LogP) is 3.19. The Morgan fingerprint density at radius 3 is 2.83 bits per heavy atom. The first-order chi connectivity index (χ1) is 14.7. The summed E-state index contributed by atoms with van der Waals surface area (Å²) in [6, 6.07) is 11.6. The molecule has 2 aliphatic rings. The van der Waals surface area contributed by atoms with Gasteiger partial charge in [-0.15, -0.1) is 0 Å². The van der Waals surface area contributed by atoms with Crippen LogP contribution >= 0.6 is 0 Å². The van der Waals surface area contributed by atoms with Crippen LogP contribution in [0.1, 0.15) is 38.4 Å². The van der Waals surface area contributed by atoms with E-state index in [1.165, 1.54) is 0 Å². The van der Waals surface area contributed by atoms with Crippen molar-refractivity contribution in [2.45, 2.75) is 25.8 Å². The zero-order chi connectivity index (χ0) is 20.7. The van der Waals surface area contributed by atoms with E-state index in [9.17, 15) is 9.59 Å². The van der Waals surface area contributed by atoms with Crippen LogP contribution in [0.4, 0.5) is 0 Å². The molecule has 1 N–H and O–H groups in total. The number of ketones is 2.